The number of benzene rings is 1. The molecule has 1 amide bonds. The summed E-state index contributed by atoms with van der Waals surface area (Å²) in [5.41, 5.74) is 2.00. The van der Waals surface area contributed by atoms with Gasteiger partial charge in [0.05, 0.1) is 12.0 Å². The molecule has 1 aromatic carbocycles. The fourth-order valence-corrected chi connectivity index (χ4v) is 2.96. The van der Waals surface area contributed by atoms with Crippen LogP contribution in [0.15, 0.2) is 69.5 Å². The van der Waals surface area contributed by atoms with Gasteiger partial charge < -0.3 is 18.6 Å². The summed E-state index contributed by atoms with van der Waals surface area (Å²) in [7, 11) is 2.65. The Hall–Kier alpha value is -3.23. The van der Waals surface area contributed by atoms with Crippen molar-refractivity contribution in [3.8, 4) is 0 Å². The maximum atomic E-state index is 12.3. The highest BCUT2D eigenvalue weighted by molar-refractivity contribution is 6.00. The predicted molar refractivity (Wildman–Crippen MR) is 104 cm³/mol. The Morgan fingerprint density at radius 2 is 1.93 bits per heavy atom. The summed E-state index contributed by atoms with van der Waals surface area (Å²) in [6, 6.07) is 12.8. The summed E-state index contributed by atoms with van der Waals surface area (Å²) in [6.45, 7) is 0.115. The van der Waals surface area contributed by atoms with Gasteiger partial charge in [0.25, 0.3) is 5.79 Å². The molecule has 0 radical (unpaired) electrons. The second-order valence-corrected chi connectivity index (χ2v) is 6.24. The van der Waals surface area contributed by atoms with Crippen LogP contribution < -0.4 is 5.32 Å². The number of rotatable bonds is 8. The van der Waals surface area contributed by atoms with Crippen molar-refractivity contribution in [3.05, 3.63) is 71.4 Å². The van der Waals surface area contributed by atoms with Crippen LogP contribution in [0.5, 0.6) is 0 Å². The first-order valence-corrected chi connectivity index (χ1v) is 9.01. The topological polar surface area (TPSA) is 99.4 Å². The normalized spacial score (nSPS) is 14.3. The zero-order chi connectivity index (χ0) is 20.7. The lowest BCUT2D eigenvalue weighted by molar-refractivity contribution is -0.178. The van der Waals surface area contributed by atoms with E-state index in [-0.39, 0.29) is 12.3 Å². The van der Waals surface area contributed by atoms with Crippen LogP contribution in [0, 0.1) is 0 Å². The number of carbonyl (C=O) groups is 2. The molecule has 0 saturated heterocycles. The molecule has 0 unspecified atom stereocenters. The fraction of sp³-hybridized carbons (Fsp3) is 0.286. The van der Waals surface area contributed by atoms with E-state index in [4.69, 9.17) is 18.6 Å². The average molecular weight is 398 g/mol. The first-order valence-electron chi connectivity index (χ1n) is 9.01. The van der Waals surface area contributed by atoms with Crippen molar-refractivity contribution >= 4 is 18.1 Å². The number of hydrogen-bond acceptors (Lipinski definition) is 7. The van der Waals surface area contributed by atoms with Crippen LogP contribution in [0.1, 0.15) is 24.2 Å². The number of amides is 1. The van der Waals surface area contributed by atoms with Gasteiger partial charge in [0.2, 0.25) is 0 Å². The third-order valence-corrected chi connectivity index (χ3v) is 4.51. The minimum Gasteiger partial charge on any atom is -0.463 e. The van der Waals surface area contributed by atoms with Crippen molar-refractivity contribution in [2.24, 2.45) is 4.99 Å². The molecule has 3 rings (SSSR count). The Morgan fingerprint density at radius 1 is 1.17 bits per heavy atom. The largest absolute Gasteiger partial charge is 0.463 e. The highest BCUT2D eigenvalue weighted by atomic mass is 16.7. The van der Waals surface area contributed by atoms with E-state index in [2.05, 4.69) is 10.3 Å². The van der Waals surface area contributed by atoms with Gasteiger partial charge in [-0.1, -0.05) is 30.3 Å². The second kappa shape index (κ2) is 9.31. The quantitative estimate of drug-likeness (QED) is 0.542. The van der Waals surface area contributed by atoms with Gasteiger partial charge in [-0.05, 0) is 30.5 Å². The highest BCUT2D eigenvalue weighted by Crippen LogP contribution is 2.31. The van der Waals surface area contributed by atoms with Gasteiger partial charge in [-0.2, -0.15) is 0 Å². The van der Waals surface area contributed by atoms with Gasteiger partial charge in [0.1, 0.15) is 18.1 Å². The van der Waals surface area contributed by atoms with Crippen molar-refractivity contribution in [1.82, 2.24) is 5.32 Å². The highest BCUT2D eigenvalue weighted by Gasteiger charge is 2.39. The van der Waals surface area contributed by atoms with E-state index in [1.165, 1.54) is 20.5 Å². The number of allylic oxidation sites excluding steroid dienone is 1. The average Bonchev–Trinajstić information content (AvgIpc) is 3.30. The Balaban J connectivity index is 1.86. The van der Waals surface area contributed by atoms with Crippen molar-refractivity contribution < 1.29 is 28.2 Å². The molecule has 0 saturated carbocycles. The lowest BCUT2D eigenvalue weighted by atomic mass is 10.0. The molecular weight excluding hydrogens is 376 g/mol. The number of methoxy groups -OCH3 is 2. The van der Waals surface area contributed by atoms with Crippen molar-refractivity contribution in [2.45, 2.75) is 25.2 Å². The summed E-state index contributed by atoms with van der Waals surface area (Å²) in [5, 5.41) is 2.68. The SMILES string of the molecule is COC(C=O)(OC)C1=C(NC(=O)OCc2ccccc2)CCC(c2ccco2)=N1. The molecule has 152 valence electrons. The van der Waals surface area contributed by atoms with E-state index in [1.807, 2.05) is 30.3 Å². The van der Waals surface area contributed by atoms with Crippen LogP contribution in [-0.2, 0) is 25.6 Å². The molecule has 8 nitrogen and oxygen atoms in total. The second-order valence-electron chi connectivity index (χ2n) is 6.24. The van der Waals surface area contributed by atoms with Crippen LogP contribution >= 0.6 is 0 Å². The molecule has 0 spiro atoms. The third kappa shape index (κ3) is 4.61. The zero-order valence-electron chi connectivity index (χ0n) is 16.2. The predicted octanol–water partition coefficient (Wildman–Crippen LogP) is 3.19. The molecule has 0 bridgehead atoms. The third-order valence-electron chi connectivity index (χ3n) is 4.51. The Kier molecular flexibility index (Phi) is 6.58. The maximum Gasteiger partial charge on any atom is 0.411 e. The minimum absolute atomic E-state index is 0.115. The summed E-state index contributed by atoms with van der Waals surface area (Å²) in [4.78, 5) is 28.6. The molecule has 1 aliphatic rings. The van der Waals surface area contributed by atoms with Crippen LogP contribution in [-0.4, -0.2) is 38.1 Å². The number of carbonyl (C=O) groups excluding carboxylic acids is 2. The molecule has 0 fully saturated rings. The Bertz CT molecular complexity index is 899. The molecule has 29 heavy (non-hydrogen) atoms. The van der Waals surface area contributed by atoms with Gasteiger partial charge >= 0.3 is 6.09 Å². The van der Waals surface area contributed by atoms with Gasteiger partial charge in [0.15, 0.2) is 6.29 Å². The number of nitrogens with one attached hydrogen (secondary N) is 1. The summed E-state index contributed by atoms with van der Waals surface area (Å²) < 4.78 is 21.3. The molecule has 0 atom stereocenters. The summed E-state index contributed by atoms with van der Waals surface area (Å²) in [5.74, 6) is -1.19. The van der Waals surface area contributed by atoms with Crippen molar-refractivity contribution in [3.63, 3.8) is 0 Å². The number of alkyl carbamates (subject to hydrolysis) is 1. The smallest absolute Gasteiger partial charge is 0.411 e. The van der Waals surface area contributed by atoms with E-state index < -0.39 is 11.9 Å². The van der Waals surface area contributed by atoms with Gasteiger partial charge in [-0.3, -0.25) is 10.1 Å². The lowest BCUT2D eigenvalue weighted by Gasteiger charge is -2.30. The molecule has 8 heteroatoms. The van der Waals surface area contributed by atoms with E-state index >= 15 is 0 Å². The van der Waals surface area contributed by atoms with Crippen LogP contribution in [0.3, 0.4) is 0 Å². The van der Waals surface area contributed by atoms with E-state index in [0.717, 1.165) is 5.56 Å². The van der Waals surface area contributed by atoms with Gasteiger partial charge in [-0.15, -0.1) is 0 Å². The number of ether oxygens (including phenoxy) is 3. The van der Waals surface area contributed by atoms with E-state index in [1.54, 1.807) is 12.1 Å². The Labute approximate surface area is 168 Å². The molecule has 1 aliphatic heterocycles. The monoisotopic (exact) mass is 398 g/mol. The summed E-state index contributed by atoms with van der Waals surface area (Å²) >= 11 is 0. The minimum atomic E-state index is -1.76. The number of hydrogen-bond donors (Lipinski definition) is 1. The standard InChI is InChI=1S/C21H22N2O6/c1-26-21(14-24,27-2)19-17(11-10-16(22-19)18-9-6-12-28-18)23-20(25)29-13-15-7-4-3-5-8-15/h3-9,12,14H,10-11,13H2,1-2H3,(H,23,25). The van der Waals surface area contributed by atoms with Crippen molar-refractivity contribution in [1.29, 1.82) is 0 Å². The summed E-state index contributed by atoms with van der Waals surface area (Å²) in [6.07, 6.45) is 2.25. The lowest BCUT2D eigenvalue weighted by Crippen LogP contribution is -2.41. The molecule has 2 heterocycles. The molecular formula is C21H22N2O6. The van der Waals surface area contributed by atoms with Crippen molar-refractivity contribution in [2.75, 3.05) is 14.2 Å². The van der Waals surface area contributed by atoms with Gasteiger partial charge in [0, 0.05) is 19.9 Å². The number of nitrogens with zero attached hydrogens (tertiary/aromatic N) is 1. The molecule has 0 aliphatic carbocycles. The molecule has 1 aromatic heterocycles. The van der Waals surface area contributed by atoms with E-state index in [9.17, 15) is 9.59 Å². The van der Waals surface area contributed by atoms with Crippen LogP contribution in [0.2, 0.25) is 0 Å². The maximum absolute atomic E-state index is 12.3. The number of aliphatic imine (C=N–C) groups is 1. The van der Waals surface area contributed by atoms with Crippen LogP contribution in [0.4, 0.5) is 4.79 Å². The number of furan rings is 1. The zero-order valence-corrected chi connectivity index (χ0v) is 16.2. The molecule has 1 N–H and O–H groups in total. The fourth-order valence-electron chi connectivity index (χ4n) is 2.96. The first-order chi connectivity index (χ1) is 14.1. The van der Waals surface area contributed by atoms with Gasteiger partial charge in [-0.25, -0.2) is 9.79 Å². The number of aldehydes is 1. The Morgan fingerprint density at radius 3 is 2.55 bits per heavy atom. The van der Waals surface area contributed by atoms with E-state index in [0.29, 0.717) is 36.3 Å². The first kappa shape index (κ1) is 20.5. The van der Waals surface area contributed by atoms with Crippen LogP contribution in [0.25, 0.3) is 0 Å². The molecule has 2 aromatic rings.